The summed E-state index contributed by atoms with van der Waals surface area (Å²) < 4.78 is 28.8. The van der Waals surface area contributed by atoms with Crippen molar-refractivity contribution < 1.29 is 13.2 Å². The lowest BCUT2D eigenvalue weighted by molar-refractivity contribution is 0.101. The molecule has 1 aliphatic rings. The van der Waals surface area contributed by atoms with Gasteiger partial charge in [0.1, 0.15) is 0 Å². The fourth-order valence-electron chi connectivity index (χ4n) is 2.36. The van der Waals surface area contributed by atoms with Gasteiger partial charge in [0, 0.05) is 18.7 Å². The van der Waals surface area contributed by atoms with E-state index in [0.717, 1.165) is 25.7 Å². The molecule has 5 nitrogen and oxygen atoms in total. The molecule has 0 saturated carbocycles. The third kappa shape index (κ3) is 3.58. The molecule has 1 aromatic carbocycles. The molecule has 0 bridgehead atoms. The first kappa shape index (κ1) is 15.0. The molecule has 0 atom stereocenters. The summed E-state index contributed by atoms with van der Waals surface area (Å²) in [7, 11) is -3.58. The van der Waals surface area contributed by atoms with Crippen molar-refractivity contribution in [1.82, 2.24) is 4.31 Å². The second kappa shape index (κ2) is 6.37. The number of hydrogen-bond donors (Lipinski definition) is 1. The maximum Gasteiger partial charge on any atom is 0.301 e. The molecule has 0 amide bonds. The van der Waals surface area contributed by atoms with Gasteiger partial charge < -0.3 is 0 Å². The SMILES string of the molecule is CC(=O)c1ccccc1NS(=O)(=O)N1CCCCCC1. The Bertz CT molecular complexity index is 576. The number of ketones is 1. The molecule has 1 fully saturated rings. The number of nitrogens with zero attached hydrogens (tertiary/aromatic N) is 1. The van der Waals surface area contributed by atoms with E-state index in [4.69, 9.17) is 0 Å². The lowest BCUT2D eigenvalue weighted by atomic mass is 10.1. The molecule has 1 heterocycles. The van der Waals surface area contributed by atoms with Gasteiger partial charge in [0.2, 0.25) is 0 Å². The number of hydrogen-bond acceptors (Lipinski definition) is 3. The van der Waals surface area contributed by atoms with Crippen LogP contribution < -0.4 is 4.72 Å². The van der Waals surface area contributed by atoms with Gasteiger partial charge in [0.05, 0.1) is 5.69 Å². The van der Waals surface area contributed by atoms with Crippen LogP contribution >= 0.6 is 0 Å². The van der Waals surface area contributed by atoms with E-state index in [1.54, 1.807) is 24.3 Å². The van der Waals surface area contributed by atoms with Gasteiger partial charge in [-0.05, 0) is 31.9 Å². The van der Waals surface area contributed by atoms with Crippen LogP contribution in [0.4, 0.5) is 5.69 Å². The molecule has 0 aromatic heterocycles. The van der Waals surface area contributed by atoms with Gasteiger partial charge in [-0.3, -0.25) is 9.52 Å². The van der Waals surface area contributed by atoms with Gasteiger partial charge in [-0.2, -0.15) is 12.7 Å². The zero-order valence-corrected chi connectivity index (χ0v) is 12.4. The Hall–Kier alpha value is -1.40. The van der Waals surface area contributed by atoms with Gasteiger partial charge in [-0.25, -0.2) is 0 Å². The molecule has 1 saturated heterocycles. The highest BCUT2D eigenvalue weighted by Crippen LogP contribution is 2.20. The molecule has 6 heteroatoms. The molecule has 0 spiro atoms. The third-order valence-electron chi connectivity index (χ3n) is 3.45. The molecule has 0 aliphatic carbocycles. The van der Waals surface area contributed by atoms with E-state index in [0.29, 0.717) is 24.3 Å². The molecule has 20 heavy (non-hydrogen) atoms. The first-order valence-electron chi connectivity index (χ1n) is 6.88. The zero-order chi connectivity index (χ0) is 14.6. The van der Waals surface area contributed by atoms with E-state index >= 15 is 0 Å². The van der Waals surface area contributed by atoms with E-state index in [1.165, 1.54) is 11.2 Å². The van der Waals surface area contributed by atoms with E-state index in [-0.39, 0.29) is 5.78 Å². The molecule has 1 N–H and O–H groups in total. The fourth-order valence-corrected chi connectivity index (χ4v) is 3.69. The number of rotatable bonds is 4. The van der Waals surface area contributed by atoms with Crippen LogP contribution in [0.5, 0.6) is 0 Å². The second-order valence-electron chi connectivity index (χ2n) is 5.02. The minimum Gasteiger partial charge on any atom is -0.294 e. The Morgan fingerprint density at radius 2 is 1.70 bits per heavy atom. The van der Waals surface area contributed by atoms with E-state index < -0.39 is 10.2 Å². The van der Waals surface area contributed by atoms with Gasteiger partial charge in [-0.15, -0.1) is 0 Å². The predicted molar refractivity (Wildman–Crippen MR) is 79.0 cm³/mol. The van der Waals surface area contributed by atoms with Crippen molar-refractivity contribution in [1.29, 1.82) is 0 Å². The van der Waals surface area contributed by atoms with Crippen LogP contribution in [0.15, 0.2) is 24.3 Å². The number of anilines is 1. The highest BCUT2D eigenvalue weighted by atomic mass is 32.2. The summed E-state index contributed by atoms with van der Waals surface area (Å²) in [5.74, 6) is -0.154. The van der Waals surface area contributed by atoms with Crippen molar-refractivity contribution in [3.8, 4) is 0 Å². The molecule has 0 unspecified atom stereocenters. The van der Waals surface area contributed by atoms with Crippen molar-refractivity contribution in [3.05, 3.63) is 29.8 Å². The summed E-state index contributed by atoms with van der Waals surface area (Å²) in [5, 5.41) is 0. The van der Waals surface area contributed by atoms with Crippen LogP contribution in [-0.4, -0.2) is 31.6 Å². The lowest BCUT2D eigenvalue weighted by Gasteiger charge is -2.21. The Balaban J connectivity index is 2.21. The smallest absolute Gasteiger partial charge is 0.294 e. The average Bonchev–Trinajstić information content (AvgIpc) is 2.68. The van der Waals surface area contributed by atoms with Crippen LogP contribution in [0.1, 0.15) is 43.0 Å². The minimum absolute atomic E-state index is 0.154. The first-order chi connectivity index (χ1) is 9.50. The number of benzene rings is 1. The number of carbonyl (C=O) groups is 1. The minimum atomic E-state index is -3.58. The average molecular weight is 296 g/mol. The topological polar surface area (TPSA) is 66.5 Å². The molecule has 2 rings (SSSR count). The lowest BCUT2D eigenvalue weighted by Crippen LogP contribution is -2.36. The monoisotopic (exact) mass is 296 g/mol. The van der Waals surface area contributed by atoms with Gasteiger partial charge in [-0.1, -0.05) is 25.0 Å². The van der Waals surface area contributed by atoms with Gasteiger partial charge in [0.25, 0.3) is 0 Å². The molecule has 1 aromatic rings. The number of nitrogens with one attached hydrogen (secondary N) is 1. The highest BCUT2D eigenvalue weighted by Gasteiger charge is 2.24. The summed E-state index contributed by atoms with van der Waals surface area (Å²) in [6, 6.07) is 6.68. The number of carbonyl (C=O) groups excluding carboxylic acids is 1. The predicted octanol–water partition coefficient (Wildman–Crippen LogP) is 2.42. The van der Waals surface area contributed by atoms with E-state index in [1.807, 2.05) is 0 Å². The quantitative estimate of drug-likeness (QED) is 0.868. The van der Waals surface area contributed by atoms with Crippen LogP contribution in [0, 0.1) is 0 Å². The largest absolute Gasteiger partial charge is 0.301 e. The molecular formula is C14H20N2O3S. The van der Waals surface area contributed by atoms with Crippen LogP contribution in [0.2, 0.25) is 0 Å². The Labute approximate surface area is 120 Å². The summed E-state index contributed by atoms with van der Waals surface area (Å²) >= 11 is 0. The Morgan fingerprint density at radius 3 is 2.30 bits per heavy atom. The van der Waals surface area contributed by atoms with Crippen LogP contribution in [0.3, 0.4) is 0 Å². The standard InChI is InChI=1S/C14H20N2O3S/c1-12(17)13-8-4-5-9-14(13)15-20(18,19)16-10-6-2-3-7-11-16/h4-5,8-9,15H,2-3,6-7,10-11H2,1H3. The first-order valence-corrected chi connectivity index (χ1v) is 8.32. The van der Waals surface area contributed by atoms with Crippen LogP contribution in [0.25, 0.3) is 0 Å². The summed E-state index contributed by atoms with van der Waals surface area (Å²) in [5.41, 5.74) is 0.746. The normalized spacial score (nSPS) is 17.4. The van der Waals surface area contributed by atoms with Gasteiger partial charge >= 0.3 is 10.2 Å². The summed E-state index contributed by atoms with van der Waals surface area (Å²) in [4.78, 5) is 11.5. The second-order valence-corrected chi connectivity index (χ2v) is 6.69. The Morgan fingerprint density at radius 1 is 1.10 bits per heavy atom. The molecule has 1 aliphatic heterocycles. The van der Waals surface area contributed by atoms with Crippen molar-refractivity contribution in [3.63, 3.8) is 0 Å². The van der Waals surface area contributed by atoms with Crippen molar-refractivity contribution in [2.75, 3.05) is 17.8 Å². The summed E-state index contributed by atoms with van der Waals surface area (Å²) in [6.07, 6.45) is 3.90. The molecule has 0 radical (unpaired) electrons. The Kier molecular flexibility index (Phi) is 4.77. The maximum atomic E-state index is 12.4. The third-order valence-corrected chi connectivity index (χ3v) is 4.97. The molecular weight excluding hydrogens is 276 g/mol. The zero-order valence-electron chi connectivity index (χ0n) is 11.6. The van der Waals surface area contributed by atoms with E-state index in [2.05, 4.69) is 4.72 Å². The number of para-hydroxylation sites is 1. The van der Waals surface area contributed by atoms with Gasteiger partial charge in [0.15, 0.2) is 5.78 Å². The van der Waals surface area contributed by atoms with Crippen molar-refractivity contribution in [2.45, 2.75) is 32.6 Å². The fraction of sp³-hybridized carbons (Fsp3) is 0.500. The highest BCUT2D eigenvalue weighted by molar-refractivity contribution is 7.90. The van der Waals surface area contributed by atoms with Crippen LogP contribution in [-0.2, 0) is 10.2 Å². The van der Waals surface area contributed by atoms with E-state index in [9.17, 15) is 13.2 Å². The maximum absolute atomic E-state index is 12.4. The molecule has 110 valence electrons. The van der Waals surface area contributed by atoms with Crippen molar-refractivity contribution >= 4 is 21.7 Å². The van der Waals surface area contributed by atoms with Crippen molar-refractivity contribution in [2.24, 2.45) is 0 Å². The summed E-state index contributed by atoms with van der Waals surface area (Å²) in [6.45, 7) is 2.51. The number of Topliss-reactive ketones (excluding diaryl/α,β-unsaturated/α-hetero) is 1.